The highest BCUT2D eigenvalue weighted by molar-refractivity contribution is 7.20. The van der Waals surface area contributed by atoms with Crippen molar-refractivity contribution in [1.29, 1.82) is 0 Å². The number of aromatic nitrogens is 3. The average Bonchev–Trinajstić information content (AvgIpc) is 3.09. The maximum Gasteiger partial charge on any atom is 0.211 e. The fourth-order valence-corrected chi connectivity index (χ4v) is 3.61. The number of methoxy groups -OCH3 is 1. The molecule has 0 fully saturated rings. The highest BCUT2D eigenvalue weighted by Crippen LogP contribution is 2.29. The maximum absolute atomic E-state index is 5.26. The Hall–Kier alpha value is -1.88. The van der Waals surface area contributed by atoms with Crippen molar-refractivity contribution >= 4 is 21.6 Å². The predicted octanol–water partition coefficient (Wildman–Crippen LogP) is 3.37. The van der Waals surface area contributed by atoms with Gasteiger partial charge in [0.15, 0.2) is 0 Å². The molecule has 0 amide bonds. The molecule has 0 bridgehead atoms. The molecule has 2 aromatic heterocycles. The molecular formula is C15H15N3OS. The lowest BCUT2D eigenvalue weighted by atomic mass is 9.99. The number of benzene rings is 1. The van der Waals surface area contributed by atoms with Gasteiger partial charge in [0.25, 0.3) is 0 Å². The van der Waals surface area contributed by atoms with Crippen LogP contribution in [0.3, 0.4) is 0 Å². The summed E-state index contributed by atoms with van der Waals surface area (Å²) < 4.78 is 8.33. The van der Waals surface area contributed by atoms with Crippen LogP contribution in [0.25, 0.3) is 15.3 Å². The smallest absolute Gasteiger partial charge is 0.211 e. The fourth-order valence-electron chi connectivity index (χ4n) is 2.69. The molecule has 20 heavy (non-hydrogen) atoms. The van der Waals surface area contributed by atoms with Gasteiger partial charge in [0, 0.05) is 6.20 Å². The molecule has 0 spiro atoms. The molecule has 0 atom stereocenters. The number of nitrogens with zero attached hydrogens (tertiary/aromatic N) is 3. The van der Waals surface area contributed by atoms with Gasteiger partial charge in [0.05, 0.1) is 23.0 Å². The largest absolute Gasteiger partial charge is 0.497 e. The topological polar surface area (TPSA) is 39.9 Å². The van der Waals surface area contributed by atoms with E-state index < -0.39 is 0 Å². The Morgan fingerprint density at radius 1 is 1.25 bits per heavy atom. The van der Waals surface area contributed by atoms with Gasteiger partial charge < -0.3 is 4.74 Å². The Morgan fingerprint density at radius 2 is 2.15 bits per heavy atom. The first-order valence-corrected chi connectivity index (χ1v) is 7.67. The van der Waals surface area contributed by atoms with E-state index in [1.807, 2.05) is 22.9 Å². The minimum Gasteiger partial charge on any atom is -0.497 e. The van der Waals surface area contributed by atoms with Crippen LogP contribution in [0.2, 0.25) is 0 Å². The van der Waals surface area contributed by atoms with Crippen molar-refractivity contribution in [2.75, 3.05) is 7.11 Å². The second-order valence-electron chi connectivity index (χ2n) is 5.08. The molecule has 5 heteroatoms. The van der Waals surface area contributed by atoms with Crippen LogP contribution in [-0.4, -0.2) is 21.9 Å². The number of hydrogen-bond donors (Lipinski definition) is 0. The molecule has 1 aliphatic rings. The Morgan fingerprint density at radius 3 is 3.00 bits per heavy atom. The third kappa shape index (κ3) is 1.89. The Bertz CT molecular complexity index is 751. The van der Waals surface area contributed by atoms with Crippen LogP contribution >= 0.6 is 11.3 Å². The molecule has 0 radical (unpaired) electrons. The SMILES string of the molecule is COc1ccc2nc(-n3cc4c(n3)CCCC4)sc2c1. The highest BCUT2D eigenvalue weighted by Gasteiger charge is 2.15. The normalized spacial score (nSPS) is 14.4. The van der Waals surface area contributed by atoms with Crippen LogP contribution in [0.5, 0.6) is 5.75 Å². The van der Waals surface area contributed by atoms with Crippen LogP contribution in [0.15, 0.2) is 24.4 Å². The van der Waals surface area contributed by atoms with Gasteiger partial charge in [-0.05, 0) is 49.4 Å². The van der Waals surface area contributed by atoms with Crippen LogP contribution in [-0.2, 0) is 12.8 Å². The standard InChI is InChI=1S/C15H15N3OS/c1-19-11-6-7-13-14(8-11)20-15(16-13)18-9-10-4-2-3-5-12(10)17-18/h6-9H,2-5H2,1H3. The summed E-state index contributed by atoms with van der Waals surface area (Å²) in [6.45, 7) is 0. The number of thiazole rings is 1. The summed E-state index contributed by atoms with van der Waals surface area (Å²) in [6, 6.07) is 5.97. The fraction of sp³-hybridized carbons (Fsp3) is 0.333. The summed E-state index contributed by atoms with van der Waals surface area (Å²) in [7, 11) is 1.69. The zero-order valence-corrected chi connectivity index (χ0v) is 12.1. The van der Waals surface area contributed by atoms with E-state index in [0.717, 1.165) is 33.9 Å². The van der Waals surface area contributed by atoms with E-state index in [0.29, 0.717) is 0 Å². The van der Waals surface area contributed by atoms with E-state index in [1.54, 1.807) is 18.4 Å². The van der Waals surface area contributed by atoms with Crippen LogP contribution in [0, 0.1) is 0 Å². The first-order valence-electron chi connectivity index (χ1n) is 6.86. The predicted molar refractivity (Wildman–Crippen MR) is 79.9 cm³/mol. The molecule has 0 saturated heterocycles. The minimum absolute atomic E-state index is 0.868. The molecule has 3 aromatic rings. The lowest BCUT2D eigenvalue weighted by molar-refractivity contribution is 0.415. The van der Waals surface area contributed by atoms with Gasteiger partial charge in [-0.25, -0.2) is 9.67 Å². The second-order valence-corrected chi connectivity index (χ2v) is 6.09. The summed E-state index contributed by atoms with van der Waals surface area (Å²) in [4.78, 5) is 4.67. The Balaban J connectivity index is 1.79. The zero-order chi connectivity index (χ0) is 13.5. The summed E-state index contributed by atoms with van der Waals surface area (Å²) in [5, 5.41) is 5.63. The van der Waals surface area contributed by atoms with Crippen molar-refractivity contribution < 1.29 is 4.74 Å². The molecule has 1 aromatic carbocycles. The van der Waals surface area contributed by atoms with Crippen LogP contribution in [0.1, 0.15) is 24.1 Å². The minimum atomic E-state index is 0.868. The first-order chi connectivity index (χ1) is 9.83. The van der Waals surface area contributed by atoms with Crippen molar-refractivity contribution in [2.45, 2.75) is 25.7 Å². The number of fused-ring (bicyclic) bond motifs is 2. The van der Waals surface area contributed by atoms with E-state index in [2.05, 4.69) is 11.2 Å². The third-order valence-corrected chi connectivity index (χ3v) is 4.78. The second kappa shape index (κ2) is 4.59. The van der Waals surface area contributed by atoms with Gasteiger partial charge in [-0.15, -0.1) is 0 Å². The van der Waals surface area contributed by atoms with Crippen molar-refractivity contribution in [3.05, 3.63) is 35.7 Å². The van der Waals surface area contributed by atoms with E-state index in [1.165, 1.54) is 24.1 Å². The number of ether oxygens (including phenoxy) is 1. The van der Waals surface area contributed by atoms with Gasteiger partial charge in [0.1, 0.15) is 5.75 Å². The van der Waals surface area contributed by atoms with E-state index in [4.69, 9.17) is 9.84 Å². The summed E-state index contributed by atoms with van der Waals surface area (Å²) in [6.07, 6.45) is 6.91. The van der Waals surface area contributed by atoms with E-state index >= 15 is 0 Å². The van der Waals surface area contributed by atoms with Gasteiger partial charge in [0.2, 0.25) is 5.13 Å². The summed E-state index contributed by atoms with van der Waals surface area (Å²) in [5.41, 5.74) is 3.63. The molecule has 4 nitrogen and oxygen atoms in total. The van der Waals surface area contributed by atoms with Gasteiger partial charge in [-0.1, -0.05) is 11.3 Å². The first kappa shape index (κ1) is 11.9. The van der Waals surface area contributed by atoms with Crippen LogP contribution in [0.4, 0.5) is 0 Å². The van der Waals surface area contributed by atoms with E-state index in [9.17, 15) is 0 Å². The lowest BCUT2D eigenvalue weighted by Gasteiger charge is -2.06. The highest BCUT2D eigenvalue weighted by atomic mass is 32.1. The quantitative estimate of drug-likeness (QED) is 0.724. The Kier molecular flexibility index (Phi) is 2.73. The average molecular weight is 285 g/mol. The Labute approximate surface area is 121 Å². The molecule has 1 aliphatic carbocycles. The zero-order valence-electron chi connectivity index (χ0n) is 11.3. The lowest BCUT2D eigenvalue weighted by Crippen LogP contribution is -2.00. The molecule has 0 unspecified atom stereocenters. The monoisotopic (exact) mass is 285 g/mol. The molecule has 0 saturated carbocycles. The van der Waals surface area contributed by atoms with Gasteiger partial charge in [-0.2, -0.15) is 5.10 Å². The van der Waals surface area contributed by atoms with Gasteiger partial charge >= 0.3 is 0 Å². The molecular weight excluding hydrogens is 270 g/mol. The van der Waals surface area contributed by atoms with E-state index in [-0.39, 0.29) is 0 Å². The molecule has 4 rings (SSSR count). The van der Waals surface area contributed by atoms with Crippen molar-refractivity contribution in [3.8, 4) is 10.9 Å². The van der Waals surface area contributed by atoms with Crippen molar-refractivity contribution in [1.82, 2.24) is 14.8 Å². The molecule has 2 heterocycles. The number of aryl methyl sites for hydroxylation is 2. The number of rotatable bonds is 2. The third-order valence-electron chi connectivity index (χ3n) is 3.77. The van der Waals surface area contributed by atoms with Gasteiger partial charge in [-0.3, -0.25) is 0 Å². The number of hydrogen-bond acceptors (Lipinski definition) is 4. The van der Waals surface area contributed by atoms with Crippen molar-refractivity contribution in [2.24, 2.45) is 0 Å². The van der Waals surface area contributed by atoms with Crippen molar-refractivity contribution in [3.63, 3.8) is 0 Å². The summed E-state index contributed by atoms with van der Waals surface area (Å²) >= 11 is 1.65. The maximum atomic E-state index is 5.26. The molecule has 102 valence electrons. The molecule has 0 N–H and O–H groups in total. The summed E-state index contributed by atoms with van der Waals surface area (Å²) in [5.74, 6) is 0.868. The molecule has 0 aliphatic heterocycles. The van der Waals surface area contributed by atoms with Crippen LogP contribution < -0.4 is 4.74 Å².